The van der Waals surface area contributed by atoms with Crippen molar-refractivity contribution in [2.75, 3.05) is 10.6 Å². The highest BCUT2D eigenvalue weighted by atomic mass is 16.2. The molecule has 2 amide bonds. The van der Waals surface area contributed by atoms with Gasteiger partial charge >= 0.3 is 0 Å². The number of hydrogen-bond acceptors (Lipinski definition) is 3. The molecule has 2 heterocycles. The van der Waals surface area contributed by atoms with Gasteiger partial charge in [0.2, 0.25) is 5.91 Å². The lowest BCUT2D eigenvalue weighted by atomic mass is 9.86. The zero-order valence-corrected chi connectivity index (χ0v) is 12.1. The van der Waals surface area contributed by atoms with Crippen LogP contribution in [0.1, 0.15) is 35.6 Å². The first-order valence-corrected chi connectivity index (χ1v) is 6.67. The number of rotatable bonds is 2. The van der Waals surface area contributed by atoms with E-state index in [9.17, 15) is 9.59 Å². The van der Waals surface area contributed by atoms with Gasteiger partial charge in [-0.15, -0.1) is 0 Å². The fraction of sp³-hybridized carbons (Fsp3) is 0.267. The fourth-order valence-electron chi connectivity index (χ4n) is 2.41. The van der Waals surface area contributed by atoms with Crippen molar-refractivity contribution in [2.45, 2.75) is 26.2 Å². The molecule has 6 nitrogen and oxygen atoms in total. The first-order valence-electron chi connectivity index (χ1n) is 6.67. The zero-order chi connectivity index (χ0) is 15.2. The van der Waals surface area contributed by atoms with Gasteiger partial charge in [-0.3, -0.25) is 14.7 Å². The van der Waals surface area contributed by atoms with Gasteiger partial charge in [0.05, 0.1) is 11.1 Å². The molecular formula is C15H16N4O2. The number of hydrogen-bond donors (Lipinski definition) is 3. The number of aromatic nitrogens is 2. The highest BCUT2D eigenvalue weighted by molar-refractivity contribution is 6.07. The summed E-state index contributed by atoms with van der Waals surface area (Å²) >= 11 is 0. The summed E-state index contributed by atoms with van der Waals surface area (Å²) < 4.78 is 0. The highest BCUT2D eigenvalue weighted by Gasteiger charge is 2.38. The maximum absolute atomic E-state index is 12.0. The Balaban J connectivity index is 1.85. The number of aryl methyl sites for hydroxylation is 1. The van der Waals surface area contributed by atoms with Crippen LogP contribution in [0.4, 0.5) is 11.4 Å². The number of H-pyrrole nitrogens is 1. The predicted molar refractivity (Wildman–Crippen MR) is 79.4 cm³/mol. The van der Waals surface area contributed by atoms with E-state index >= 15 is 0 Å². The molecule has 1 aromatic carbocycles. The van der Waals surface area contributed by atoms with Crippen molar-refractivity contribution >= 4 is 23.2 Å². The third kappa shape index (κ3) is 2.18. The number of fused-ring (bicyclic) bond motifs is 1. The molecule has 21 heavy (non-hydrogen) atoms. The van der Waals surface area contributed by atoms with E-state index in [0.717, 1.165) is 16.9 Å². The summed E-state index contributed by atoms with van der Waals surface area (Å²) in [5, 5.41) is 12.2. The van der Waals surface area contributed by atoms with Crippen LogP contribution in [0.3, 0.4) is 0 Å². The summed E-state index contributed by atoms with van der Waals surface area (Å²) in [4.78, 5) is 23.9. The van der Waals surface area contributed by atoms with Crippen molar-refractivity contribution < 1.29 is 9.59 Å². The van der Waals surface area contributed by atoms with E-state index in [2.05, 4.69) is 20.8 Å². The minimum atomic E-state index is -0.543. The van der Waals surface area contributed by atoms with Crippen LogP contribution in [0.5, 0.6) is 0 Å². The Morgan fingerprint density at radius 3 is 2.71 bits per heavy atom. The quantitative estimate of drug-likeness (QED) is 0.790. The van der Waals surface area contributed by atoms with Crippen molar-refractivity contribution in [3.05, 3.63) is 41.2 Å². The summed E-state index contributed by atoms with van der Waals surface area (Å²) in [6.07, 6.45) is 0. The first kappa shape index (κ1) is 13.4. The summed E-state index contributed by atoms with van der Waals surface area (Å²) in [5.41, 5.74) is 2.91. The van der Waals surface area contributed by atoms with Crippen LogP contribution in [-0.2, 0) is 10.2 Å². The van der Waals surface area contributed by atoms with Crippen LogP contribution in [0.2, 0.25) is 0 Å². The maximum Gasteiger partial charge on any atom is 0.273 e. The summed E-state index contributed by atoms with van der Waals surface area (Å²) in [5.74, 6) is -0.302. The molecule has 0 saturated carbocycles. The van der Waals surface area contributed by atoms with Crippen LogP contribution in [0.25, 0.3) is 0 Å². The van der Waals surface area contributed by atoms with Gasteiger partial charge in [-0.1, -0.05) is 6.07 Å². The number of carbonyl (C=O) groups excluding carboxylic acids is 2. The topological polar surface area (TPSA) is 86.9 Å². The van der Waals surface area contributed by atoms with Gasteiger partial charge in [0.25, 0.3) is 5.91 Å². The summed E-state index contributed by atoms with van der Waals surface area (Å²) in [6, 6.07) is 7.10. The standard InChI is InChI=1S/C15H16N4O2/c1-8-6-12(19-18-8)13(20)16-9-4-5-10-11(7-9)17-14(21)15(10,2)3/h4-7H,1-3H3,(H,16,20)(H,17,21)(H,18,19). The first-order chi connectivity index (χ1) is 9.88. The van der Waals surface area contributed by atoms with Crippen molar-refractivity contribution in [1.29, 1.82) is 0 Å². The Morgan fingerprint density at radius 1 is 1.29 bits per heavy atom. The lowest BCUT2D eigenvalue weighted by Gasteiger charge is -2.15. The van der Waals surface area contributed by atoms with E-state index in [4.69, 9.17) is 0 Å². The van der Waals surface area contributed by atoms with E-state index in [1.54, 1.807) is 25.1 Å². The molecule has 1 aliphatic rings. The van der Waals surface area contributed by atoms with Gasteiger partial charge in [-0.25, -0.2) is 0 Å². The molecule has 0 spiro atoms. The van der Waals surface area contributed by atoms with Gasteiger partial charge in [0.15, 0.2) is 0 Å². The average Bonchev–Trinajstić information content (AvgIpc) is 2.93. The number of benzene rings is 1. The average molecular weight is 284 g/mol. The second-order valence-corrected chi connectivity index (χ2v) is 5.72. The fourth-order valence-corrected chi connectivity index (χ4v) is 2.41. The number of aromatic amines is 1. The summed E-state index contributed by atoms with van der Waals surface area (Å²) in [7, 11) is 0. The molecule has 0 unspecified atom stereocenters. The number of amides is 2. The maximum atomic E-state index is 12.0. The second-order valence-electron chi connectivity index (χ2n) is 5.72. The Labute approximate surface area is 121 Å². The van der Waals surface area contributed by atoms with Gasteiger partial charge in [0, 0.05) is 11.4 Å². The SMILES string of the molecule is Cc1cc(C(=O)Nc2ccc3c(c2)NC(=O)C3(C)C)[nH]n1. The van der Waals surface area contributed by atoms with E-state index in [0.29, 0.717) is 11.4 Å². The van der Waals surface area contributed by atoms with Crippen LogP contribution in [0, 0.1) is 6.92 Å². The molecule has 0 radical (unpaired) electrons. The Hall–Kier alpha value is -2.63. The molecule has 108 valence electrons. The molecule has 2 aromatic rings. The predicted octanol–water partition coefficient (Wildman–Crippen LogP) is 2.20. The normalized spacial score (nSPS) is 15.5. The highest BCUT2D eigenvalue weighted by Crippen LogP contribution is 2.38. The molecule has 1 aromatic heterocycles. The third-order valence-corrected chi connectivity index (χ3v) is 3.72. The Morgan fingerprint density at radius 2 is 2.05 bits per heavy atom. The van der Waals surface area contributed by atoms with E-state index in [1.807, 2.05) is 19.9 Å². The van der Waals surface area contributed by atoms with E-state index in [-0.39, 0.29) is 11.8 Å². The second kappa shape index (κ2) is 4.44. The molecule has 6 heteroatoms. The number of nitrogens with one attached hydrogen (secondary N) is 3. The molecule has 0 fully saturated rings. The van der Waals surface area contributed by atoms with Crippen LogP contribution in [0.15, 0.2) is 24.3 Å². The molecular weight excluding hydrogens is 268 g/mol. The molecule has 0 saturated heterocycles. The molecule has 1 aliphatic heterocycles. The number of nitrogens with zero attached hydrogens (tertiary/aromatic N) is 1. The van der Waals surface area contributed by atoms with Crippen LogP contribution >= 0.6 is 0 Å². The van der Waals surface area contributed by atoms with E-state index < -0.39 is 5.41 Å². The third-order valence-electron chi connectivity index (χ3n) is 3.72. The van der Waals surface area contributed by atoms with Gasteiger partial charge in [0.1, 0.15) is 5.69 Å². The van der Waals surface area contributed by atoms with Crippen LogP contribution < -0.4 is 10.6 Å². The van der Waals surface area contributed by atoms with Gasteiger partial charge in [-0.2, -0.15) is 5.10 Å². The summed E-state index contributed by atoms with van der Waals surface area (Å²) in [6.45, 7) is 5.56. The lowest BCUT2D eigenvalue weighted by Crippen LogP contribution is -2.26. The monoisotopic (exact) mass is 284 g/mol. The molecule has 0 bridgehead atoms. The van der Waals surface area contributed by atoms with Crippen molar-refractivity contribution in [3.63, 3.8) is 0 Å². The van der Waals surface area contributed by atoms with Gasteiger partial charge < -0.3 is 10.6 Å². The molecule has 0 aliphatic carbocycles. The molecule has 3 N–H and O–H groups in total. The minimum Gasteiger partial charge on any atom is -0.325 e. The Kier molecular flexibility index (Phi) is 2.83. The molecule has 0 atom stereocenters. The smallest absolute Gasteiger partial charge is 0.273 e. The largest absolute Gasteiger partial charge is 0.325 e. The number of anilines is 2. The van der Waals surface area contributed by atoms with Gasteiger partial charge in [-0.05, 0) is 44.5 Å². The minimum absolute atomic E-state index is 0.0369. The van der Waals surface area contributed by atoms with Crippen LogP contribution in [-0.4, -0.2) is 22.0 Å². The number of carbonyl (C=O) groups is 2. The molecule has 3 rings (SSSR count). The Bertz CT molecular complexity index is 746. The van der Waals surface area contributed by atoms with Crippen molar-refractivity contribution in [1.82, 2.24) is 10.2 Å². The van der Waals surface area contributed by atoms with E-state index in [1.165, 1.54) is 0 Å². The van der Waals surface area contributed by atoms with Crippen molar-refractivity contribution in [2.24, 2.45) is 0 Å². The lowest BCUT2D eigenvalue weighted by molar-refractivity contribution is -0.119. The zero-order valence-electron chi connectivity index (χ0n) is 12.1. The van der Waals surface area contributed by atoms with Crippen molar-refractivity contribution in [3.8, 4) is 0 Å².